The van der Waals surface area contributed by atoms with Crippen molar-refractivity contribution < 1.29 is 17.7 Å². The highest BCUT2D eigenvalue weighted by Gasteiger charge is 2.36. The molecule has 0 atom stereocenters. The number of hydrogen-bond donors (Lipinski definition) is 0. The molecule has 0 aromatic carbocycles. The molecule has 1 aromatic rings. The summed E-state index contributed by atoms with van der Waals surface area (Å²) in [5.74, 6) is 1.94. The molecule has 8 nitrogen and oxygen atoms in total. The Bertz CT molecular complexity index is 705. The lowest BCUT2D eigenvalue weighted by Gasteiger charge is -2.37. The molecule has 1 aliphatic heterocycles. The van der Waals surface area contributed by atoms with E-state index < -0.39 is 10.0 Å². The number of rotatable bonds is 7. The molecular formula is C16H26N4O4S. The van der Waals surface area contributed by atoms with Crippen molar-refractivity contribution in [3.05, 3.63) is 11.7 Å². The molecule has 0 radical (unpaired) electrons. The van der Waals surface area contributed by atoms with Crippen molar-refractivity contribution in [3.63, 3.8) is 0 Å². The van der Waals surface area contributed by atoms with E-state index in [4.69, 9.17) is 4.52 Å². The van der Waals surface area contributed by atoms with Crippen LogP contribution in [0.5, 0.6) is 0 Å². The Kier molecular flexibility index (Phi) is 5.43. The summed E-state index contributed by atoms with van der Waals surface area (Å²) >= 11 is 0. The van der Waals surface area contributed by atoms with Crippen LogP contribution in [0, 0.1) is 5.92 Å². The quantitative estimate of drug-likeness (QED) is 0.711. The maximum absolute atomic E-state index is 12.2. The highest BCUT2D eigenvalue weighted by atomic mass is 32.2. The lowest BCUT2D eigenvalue weighted by Crippen LogP contribution is -2.49. The highest BCUT2D eigenvalue weighted by Crippen LogP contribution is 2.31. The third-order valence-electron chi connectivity index (χ3n) is 5.22. The fraction of sp³-hybridized carbons (Fsp3) is 0.812. The van der Waals surface area contributed by atoms with Gasteiger partial charge in [-0.15, -0.1) is 0 Å². The Labute approximate surface area is 148 Å². The summed E-state index contributed by atoms with van der Waals surface area (Å²) in [4.78, 5) is 18.4. The molecule has 9 heteroatoms. The zero-order valence-corrected chi connectivity index (χ0v) is 15.7. The fourth-order valence-corrected chi connectivity index (χ4v) is 3.81. The number of sulfonamides is 1. The van der Waals surface area contributed by atoms with Crippen molar-refractivity contribution >= 4 is 15.9 Å². The van der Waals surface area contributed by atoms with Gasteiger partial charge in [-0.3, -0.25) is 4.79 Å². The van der Waals surface area contributed by atoms with Crippen LogP contribution in [0.15, 0.2) is 4.52 Å². The largest absolute Gasteiger partial charge is 0.341 e. The van der Waals surface area contributed by atoms with Crippen molar-refractivity contribution in [2.75, 3.05) is 32.9 Å². The molecular weight excluding hydrogens is 344 g/mol. The first-order valence-electron chi connectivity index (χ1n) is 8.84. The van der Waals surface area contributed by atoms with Gasteiger partial charge in [0.15, 0.2) is 5.82 Å². The molecule has 2 aliphatic rings. The van der Waals surface area contributed by atoms with Crippen LogP contribution in [0.3, 0.4) is 0 Å². The second kappa shape index (κ2) is 7.41. The first-order valence-corrected chi connectivity index (χ1v) is 10.7. The molecule has 1 aromatic heterocycles. The van der Waals surface area contributed by atoms with Crippen LogP contribution in [0.2, 0.25) is 0 Å². The monoisotopic (exact) mass is 370 g/mol. The van der Waals surface area contributed by atoms with E-state index in [-0.39, 0.29) is 11.8 Å². The Hall–Kier alpha value is -1.48. The van der Waals surface area contributed by atoms with Gasteiger partial charge in [0.05, 0.1) is 12.2 Å². The second-order valence-electron chi connectivity index (χ2n) is 7.23. The van der Waals surface area contributed by atoms with Crippen LogP contribution < -0.4 is 0 Å². The summed E-state index contributed by atoms with van der Waals surface area (Å²) in [5, 5.41) is 3.92. The summed E-state index contributed by atoms with van der Waals surface area (Å²) in [6.45, 7) is 1.58. The number of amides is 1. The third kappa shape index (κ3) is 4.58. The minimum absolute atomic E-state index is 0.0985. The zero-order valence-electron chi connectivity index (χ0n) is 14.8. The minimum atomic E-state index is -3.20. The number of nitrogens with zero attached hydrogens (tertiary/aromatic N) is 4. The Morgan fingerprint density at radius 2 is 2.00 bits per heavy atom. The Balaban J connectivity index is 1.44. The van der Waals surface area contributed by atoms with Gasteiger partial charge in [-0.25, -0.2) is 12.7 Å². The van der Waals surface area contributed by atoms with Crippen LogP contribution >= 0.6 is 0 Å². The van der Waals surface area contributed by atoms with Gasteiger partial charge in [0.1, 0.15) is 0 Å². The molecule has 1 saturated carbocycles. The van der Waals surface area contributed by atoms with E-state index in [1.165, 1.54) is 43.3 Å². The predicted octanol–water partition coefficient (Wildman–Crippen LogP) is 1.01. The molecule has 2 heterocycles. The van der Waals surface area contributed by atoms with E-state index in [9.17, 15) is 13.2 Å². The molecule has 0 spiro atoms. The second-order valence-corrected chi connectivity index (χ2v) is 9.32. The van der Waals surface area contributed by atoms with Gasteiger partial charge in [0.25, 0.3) is 0 Å². The first kappa shape index (κ1) is 18.3. The van der Waals surface area contributed by atoms with E-state index in [1.807, 2.05) is 4.90 Å². The normalized spacial score (nSPS) is 19.6. The summed E-state index contributed by atoms with van der Waals surface area (Å²) in [5.41, 5.74) is 0. The molecule has 1 saturated heterocycles. The third-order valence-corrected chi connectivity index (χ3v) is 6.54. The van der Waals surface area contributed by atoms with Crippen LogP contribution in [-0.4, -0.2) is 66.6 Å². The van der Waals surface area contributed by atoms with Crippen molar-refractivity contribution in [2.45, 2.75) is 44.4 Å². The van der Waals surface area contributed by atoms with Gasteiger partial charge in [-0.2, -0.15) is 4.98 Å². The summed E-state index contributed by atoms with van der Waals surface area (Å²) in [6.07, 6.45) is 7.10. The molecule has 0 N–H and O–H groups in total. The Morgan fingerprint density at radius 1 is 1.32 bits per heavy atom. The molecule has 2 fully saturated rings. The molecule has 3 rings (SSSR count). The minimum Gasteiger partial charge on any atom is -0.341 e. The number of carbonyl (C=O) groups excluding carboxylic acids is 1. The maximum atomic E-state index is 12.2. The molecule has 1 amide bonds. The first-order chi connectivity index (χ1) is 11.8. The van der Waals surface area contributed by atoms with Crippen molar-refractivity contribution in [2.24, 2.45) is 5.92 Å². The molecule has 140 valence electrons. The van der Waals surface area contributed by atoms with Crippen LogP contribution in [0.1, 0.15) is 49.7 Å². The number of likely N-dealkylation sites (N-methyl/N-ethyl adjacent to an activating group) is 1. The number of aromatic nitrogens is 2. The average Bonchev–Trinajstić information content (AvgIpc) is 3.14. The highest BCUT2D eigenvalue weighted by molar-refractivity contribution is 7.88. The summed E-state index contributed by atoms with van der Waals surface area (Å²) < 4.78 is 29.3. The van der Waals surface area contributed by atoms with E-state index in [0.29, 0.717) is 50.1 Å². The average molecular weight is 370 g/mol. The van der Waals surface area contributed by atoms with Crippen molar-refractivity contribution in [3.8, 4) is 0 Å². The summed E-state index contributed by atoms with van der Waals surface area (Å²) in [7, 11) is -1.68. The van der Waals surface area contributed by atoms with Crippen molar-refractivity contribution in [1.82, 2.24) is 19.3 Å². The van der Waals surface area contributed by atoms with Gasteiger partial charge in [-0.05, 0) is 18.8 Å². The molecule has 1 aliphatic carbocycles. The summed E-state index contributed by atoms with van der Waals surface area (Å²) in [6, 6.07) is 0. The van der Waals surface area contributed by atoms with Crippen LogP contribution in [0.4, 0.5) is 0 Å². The lowest BCUT2D eigenvalue weighted by molar-refractivity contribution is -0.137. The van der Waals surface area contributed by atoms with Gasteiger partial charge >= 0.3 is 0 Å². The SMILES string of the molecule is CN(CCc1noc(C2CN(C(=O)CC3CCCC3)C2)n1)S(C)(=O)=O. The van der Waals surface area contributed by atoms with Crippen molar-refractivity contribution in [1.29, 1.82) is 0 Å². The van der Waals surface area contributed by atoms with Crippen LogP contribution in [0.25, 0.3) is 0 Å². The van der Waals surface area contributed by atoms with Gasteiger partial charge in [0, 0.05) is 39.5 Å². The number of likely N-dealkylation sites (tertiary alicyclic amines) is 1. The Morgan fingerprint density at radius 3 is 2.64 bits per heavy atom. The van der Waals surface area contributed by atoms with Crippen LogP contribution in [-0.2, 0) is 21.2 Å². The van der Waals surface area contributed by atoms with Gasteiger partial charge in [-0.1, -0.05) is 18.0 Å². The molecule has 0 unspecified atom stereocenters. The van der Waals surface area contributed by atoms with E-state index in [1.54, 1.807) is 0 Å². The fourth-order valence-electron chi connectivity index (χ4n) is 3.39. The predicted molar refractivity (Wildman–Crippen MR) is 91.4 cm³/mol. The molecule has 25 heavy (non-hydrogen) atoms. The lowest BCUT2D eigenvalue weighted by atomic mass is 9.97. The molecule has 0 bridgehead atoms. The zero-order chi connectivity index (χ0) is 18.0. The van der Waals surface area contributed by atoms with Gasteiger partial charge < -0.3 is 9.42 Å². The van der Waals surface area contributed by atoms with E-state index >= 15 is 0 Å². The maximum Gasteiger partial charge on any atom is 0.233 e. The van der Waals surface area contributed by atoms with Gasteiger partial charge in [0.2, 0.25) is 21.8 Å². The standard InChI is InChI=1S/C16H26N4O4S/c1-19(25(2,22)23)8-7-14-17-16(24-18-14)13-10-20(11-13)15(21)9-12-5-3-4-6-12/h12-13H,3-11H2,1-2H3. The van der Waals surface area contributed by atoms with E-state index in [0.717, 1.165) is 0 Å². The van der Waals surface area contributed by atoms with E-state index in [2.05, 4.69) is 10.1 Å². The smallest absolute Gasteiger partial charge is 0.233 e. The number of carbonyl (C=O) groups is 1. The topological polar surface area (TPSA) is 96.6 Å². The number of hydrogen-bond acceptors (Lipinski definition) is 6.